The van der Waals surface area contributed by atoms with Crippen LogP contribution in [-0.4, -0.2) is 23.6 Å². The molecule has 1 aromatic carbocycles. The second-order valence-electron chi connectivity index (χ2n) is 5.12. The van der Waals surface area contributed by atoms with Gasteiger partial charge < -0.3 is 10.1 Å². The highest BCUT2D eigenvalue weighted by atomic mass is 79.9. The van der Waals surface area contributed by atoms with E-state index in [2.05, 4.69) is 57.2 Å². The lowest BCUT2D eigenvalue weighted by atomic mass is 10.1. The van der Waals surface area contributed by atoms with E-state index in [-0.39, 0.29) is 0 Å². The van der Waals surface area contributed by atoms with Crippen molar-refractivity contribution >= 4 is 21.7 Å². The molecule has 0 saturated carbocycles. The number of rotatable bonds is 6. The van der Waals surface area contributed by atoms with Crippen molar-refractivity contribution in [3.8, 4) is 5.75 Å². The third-order valence-corrected chi connectivity index (χ3v) is 3.49. The maximum absolute atomic E-state index is 5.23. The van der Waals surface area contributed by atoms with Crippen molar-refractivity contribution in [1.82, 2.24) is 9.97 Å². The summed E-state index contributed by atoms with van der Waals surface area (Å²) < 4.78 is 6.04. The number of nitrogens with one attached hydrogen (secondary N) is 1. The van der Waals surface area contributed by atoms with Gasteiger partial charge in [0, 0.05) is 18.5 Å². The number of aromatic nitrogens is 2. The van der Waals surface area contributed by atoms with E-state index in [9.17, 15) is 0 Å². The molecular weight excluding hydrogens is 330 g/mol. The normalized spacial score (nSPS) is 10.7. The second-order valence-corrected chi connectivity index (χ2v) is 5.93. The molecule has 1 N–H and O–H groups in total. The summed E-state index contributed by atoms with van der Waals surface area (Å²) in [4.78, 5) is 8.89. The number of hydrogen-bond donors (Lipinski definition) is 1. The largest absolute Gasteiger partial charge is 0.497 e. The Labute approximate surface area is 134 Å². The molecule has 0 bridgehead atoms. The summed E-state index contributed by atoms with van der Waals surface area (Å²) in [6.45, 7) is 4.98. The van der Waals surface area contributed by atoms with Crippen molar-refractivity contribution in [2.75, 3.05) is 19.0 Å². The minimum absolute atomic E-state index is 0.307. The molecule has 1 heterocycles. The molecule has 0 amide bonds. The van der Waals surface area contributed by atoms with Gasteiger partial charge in [-0.2, -0.15) is 0 Å². The van der Waals surface area contributed by atoms with Crippen molar-refractivity contribution in [2.45, 2.75) is 26.2 Å². The topological polar surface area (TPSA) is 47.0 Å². The van der Waals surface area contributed by atoms with Crippen molar-refractivity contribution in [2.24, 2.45) is 0 Å². The Balaban J connectivity index is 1.96. The second kappa shape index (κ2) is 7.41. The molecule has 2 rings (SSSR count). The van der Waals surface area contributed by atoms with Crippen LogP contribution in [-0.2, 0) is 6.42 Å². The molecule has 0 radical (unpaired) electrons. The lowest BCUT2D eigenvalue weighted by molar-refractivity contribution is 0.414. The van der Waals surface area contributed by atoms with E-state index in [0.29, 0.717) is 5.92 Å². The van der Waals surface area contributed by atoms with Crippen LogP contribution in [0.5, 0.6) is 5.75 Å². The van der Waals surface area contributed by atoms with Crippen LogP contribution in [0.4, 0.5) is 5.82 Å². The third-order valence-electron chi connectivity index (χ3n) is 3.08. The van der Waals surface area contributed by atoms with E-state index >= 15 is 0 Å². The molecule has 0 unspecified atom stereocenters. The maximum atomic E-state index is 5.23. The van der Waals surface area contributed by atoms with Gasteiger partial charge >= 0.3 is 0 Å². The highest BCUT2D eigenvalue weighted by Gasteiger charge is 2.06. The predicted molar refractivity (Wildman–Crippen MR) is 89.0 cm³/mol. The Bertz CT molecular complexity index is 602. The zero-order valence-corrected chi connectivity index (χ0v) is 14.1. The van der Waals surface area contributed by atoms with Gasteiger partial charge in [-0.1, -0.05) is 26.0 Å². The Hall–Kier alpha value is -1.62. The zero-order chi connectivity index (χ0) is 15.2. The van der Waals surface area contributed by atoms with Crippen LogP contribution in [0.15, 0.2) is 34.9 Å². The predicted octanol–water partition coefficient (Wildman–Crippen LogP) is 4.03. The minimum Gasteiger partial charge on any atom is -0.497 e. The minimum atomic E-state index is 0.307. The Kier molecular flexibility index (Phi) is 5.56. The van der Waals surface area contributed by atoms with Gasteiger partial charge in [-0.3, -0.25) is 0 Å². The van der Waals surface area contributed by atoms with E-state index in [1.807, 2.05) is 18.2 Å². The van der Waals surface area contributed by atoms with Gasteiger partial charge in [0.05, 0.1) is 7.11 Å². The number of methoxy groups -OCH3 is 1. The number of ether oxygens (including phenoxy) is 1. The summed E-state index contributed by atoms with van der Waals surface area (Å²) >= 11 is 3.43. The first-order chi connectivity index (χ1) is 10.1. The van der Waals surface area contributed by atoms with Gasteiger partial charge in [0.15, 0.2) is 0 Å². The summed E-state index contributed by atoms with van der Waals surface area (Å²) in [5.41, 5.74) is 1.24. The number of anilines is 1. The zero-order valence-electron chi connectivity index (χ0n) is 12.6. The average molecular weight is 350 g/mol. The van der Waals surface area contributed by atoms with Crippen LogP contribution in [0.1, 0.15) is 31.2 Å². The molecule has 5 heteroatoms. The number of hydrogen-bond acceptors (Lipinski definition) is 4. The molecule has 0 fully saturated rings. The van der Waals surface area contributed by atoms with E-state index in [1.54, 1.807) is 7.11 Å². The van der Waals surface area contributed by atoms with Crippen LogP contribution in [0, 0.1) is 0 Å². The van der Waals surface area contributed by atoms with Crippen LogP contribution in [0.25, 0.3) is 0 Å². The Morgan fingerprint density at radius 3 is 2.76 bits per heavy atom. The maximum Gasteiger partial charge on any atom is 0.134 e. The molecule has 1 aromatic heterocycles. The summed E-state index contributed by atoms with van der Waals surface area (Å²) in [6, 6.07) is 10.0. The van der Waals surface area contributed by atoms with Crippen LogP contribution in [0.3, 0.4) is 0 Å². The van der Waals surface area contributed by atoms with E-state index in [1.165, 1.54) is 5.56 Å². The molecule has 0 aliphatic rings. The van der Waals surface area contributed by atoms with Gasteiger partial charge in [0.1, 0.15) is 22.0 Å². The standard InChI is InChI=1S/C16H20BrN3O/c1-11(2)16-19-14(17)10-15(20-16)18-8-7-12-5-4-6-13(9-12)21-3/h4-6,9-11H,7-8H2,1-3H3,(H,18,19,20). The fraction of sp³-hybridized carbons (Fsp3) is 0.375. The van der Waals surface area contributed by atoms with Gasteiger partial charge in [-0.15, -0.1) is 0 Å². The molecule has 4 nitrogen and oxygen atoms in total. The van der Waals surface area contributed by atoms with Crippen molar-refractivity contribution in [3.63, 3.8) is 0 Å². The van der Waals surface area contributed by atoms with Gasteiger partial charge in [0.2, 0.25) is 0 Å². The van der Waals surface area contributed by atoms with Gasteiger partial charge in [-0.25, -0.2) is 9.97 Å². The van der Waals surface area contributed by atoms with Crippen molar-refractivity contribution < 1.29 is 4.74 Å². The van der Waals surface area contributed by atoms with Crippen LogP contribution >= 0.6 is 15.9 Å². The van der Waals surface area contributed by atoms with Gasteiger partial charge in [0.25, 0.3) is 0 Å². The highest BCUT2D eigenvalue weighted by molar-refractivity contribution is 9.10. The van der Waals surface area contributed by atoms with E-state index in [4.69, 9.17) is 4.74 Å². The molecule has 0 saturated heterocycles. The smallest absolute Gasteiger partial charge is 0.134 e. The molecule has 21 heavy (non-hydrogen) atoms. The summed E-state index contributed by atoms with van der Waals surface area (Å²) in [7, 11) is 1.68. The summed E-state index contributed by atoms with van der Waals surface area (Å²) in [5, 5.41) is 3.34. The molecule has 112 valence electrons. The van der Waals surface area contributed by atoms with Crippen molar-refractivity contribution in [1.29, 1.82) is 0 Å². The fourth-order valence-corrected chi connectivity index (χ4v) is 2.35. The first kappa shape index (κ1) is 15.8. The van der Waals surface area contributed by atoms with Crippen molar-refractivity contribution in [3.05, 3.63) is 46.3 Å². The van der Waals surface area contributed by atoms with Crippen LogP contribution < -0.4 is 10.1 Å². The first-order valence-electron chi connectivity index (χ1n) is 6.99. The number of nitrogens with zero attached hydrogens (tertiary/aromatic N) is 2. The first-order valence-corrected chi connectivity index (χ1v) is 7.79. The molecule has 0 atom stereocenters. The molecule has 2 aromatic rings. The monoisotopic (exact) mass is 349 g/mol. The Morgan fingerprint density at radius 2 is 2.05 bits per heavy atom. The highest BCUT2D eigenvalue weighted by Crippen LogP contribution is 2.18. The molecule has 0 aliphatic heterocycles. The molecule has 0 spiro atoms. The summed E-state index contributed by atoms with van der Waals surface area (Å²) in [5.74, 6) is 2.89. The van der Waals surface area contributed by atoms with E-state index in [0.717, 1.165) is 35.0 Å². The quantitative estimate of drug-likeness (QED) is 0.800. The Morgan fingerprint density at radius 1 is 1.24 bits per heavy atom. The summed E-state index contributed by atoms with van der Waals surface area (Å²) in [6.07, 6.45) is 0.913. The average Bonchev–Trinajstić information content (AvgIpc) is 2.47. The fourth-order valence-electron chi connectivity index (χ4n) is 1.95. The third kappa shape index (κ3) is 4.70. The van der Waals surface area contributed by atoms with Crippen LogP contribution in [0.2, 0.25) is 0 Å². The van der Waals surface area contributed by atoms with Gasteiger partial charge in [-0.05, 0) is 40.0 Å². The molecule has 0 aliphatic carbocycles. The number of benzene rings is 1. The lowest BCUT2D eigenvalue weighted by Gasteiger charge is -2.10. The molecular formula is C16H20BrN3O. The number of halogens is 1. The SMILES string of the molecule is COc1cccc(CCNc2cc(Br)nc(C(C)C)n2)c1. The van der Waals surface area contributed by atoms with E-state index < -0.39 is 0 Å². The lowest BCUT2D eigenvalue weighted by Crippen LogP contribution is -2.09.